The van der Waals surface area contributed by atoms with Crippen LogP contribution in [0.25, 0.3) is 11.3 Å². The van der Waals surface area contributed by atoms with Crippen molar-refractivity contribution < 1.29 is 9.53 Å². The number of amides is 1. The molecule has 6 nitrogen and oxygen atoms in total. The van der Waals surface area contributed by atoms with Gasteiger partial charge in [-0.2, -0.15) is 0 Å². The highest BCUT2D eigenvalue weighted by atomic mass is 16.5. The van der Waals surface area contributed by atoms with Crippen LogP contribution in [0.4, 0.5) is 10.5 Å². The van der Waals surface area contributed by atoms with Crippen molar-refractivity contribution in [1.29, 1.82) is 0 Å². The van der Waals surface area contributed by atoms with Crippen molar-refractivity contribution in [2.45, 2.75) is 18.9 Å². The molecule has 0 unspecified atom stereocenters. The number of aromatic nitrogens is 2. The fraction of sp³-hybridized carbons (Fsp3) is 0.304. The molecule has 1 fully saturated rings. The molecule has 1 amide bonds. The van der Waals surface area contributed by atoms with Gasteiger partial charge in [-0.15, -0.1) is 0 Å². The van der Waals surface area contributed by atoms with E-state index in [9.17, 15) is 4.79 Å². The summed E-state index contributed by atoms with van der Waals surface area (Å²) in [6, 6.07) is 18.3. The number of benzene rings is 2. The van der Waals surface area contributed by atoms with E-state index in [4.69, 9.17) is 4.74 Å². The number of rotatable bonds is 4. The summed E-state index contributed by atoms with van der Waals surface area (Å²) in [5, 5.41) is 0. The minimum absolute atomic E-state index is 0.0511. The highest BCUT2D eigenvalue weighted by molar-refractivity contribution is 5.78. The van der Waals surface area contributed by atoms with Crippen molar-refractivity contribution in [3.63, 3.8) is 0 Å². The van der Waals surface area contributed by atoms with Crippen LogP contribution in [0.2, 0.25) is 0 Å². The molecule has 150 valence electrons. The van der Waals surface area contributed by atoms with Gasteiger partial charge in [-0.3, -0.25) is 4.57 Å². The van der Waals surface area contributed by atoms with Crippen LogP contribution in [0, 0.1) is 0 Å². The number of nitrogens with zero attached hydrogens (tertiary/aromatic N) is 4. The summed E-state index contributed by atoms with van der Waals surface area (Å²) in [6.45, 7) is 1.90. The van der Waals surface area contributed by atoms with E-state index in [0.717, 1.165) is 42.9 Å². The third-order valence-electron chi connectivity index (χ3n) is 5.60. The van der Waals surface area contributed by atoms with E-state index in [0.29, 0.717) is 0 Å². The lowest BCUT2D eigenvalue weighted by molar-refractivity contribution is 0.181. The molecule has 1 aromatic heterocycles. The minimum atomic E-state index is -0.0511. The number of para-hydroxylation sites is 1. The summed E-state index contributed by atoms with van der Waals surface area (Å²) in [4.78, 5) is 21.6. The molecule has 0 radical (unpaired) electrons. The number of carbonyl (C=O) groups excluding carboxylic acids is 1. The van der Waals surface area contributed by atoms with Crippen LogP contribution in [0.5, 0.6) is 5.75 Å². The normalized spacial score (nSPS) is 14.6. The molecule has 0 saturated carbocycles. The molecule has 29 heavy (non-hydrogen) atoms. The summed E-state index contributed by atoms with van der Waals surface area (Å²) < 4.78 is 6.84. The highest BCUT2D eigenvalue weighted by Crippen LogP contribution is 2.24. The Morgan fingerprint density at radius 1 is 1.10 bits per heavy atom. The van der Waals surface area contributed by atoms with Gasteiger partial charge in [0.05, 0.1) is 12.8 Å². The molecule has 0 aliphatic carbocycles. The van der Waals surface area contributed by atoms with E-state index < -0.39 is 0 Å². The first-order valence-electron chi connectivity index (χ1n) is 9.91. The molecule has 0 bridgehead atoms. The second kappa shape index (κ2) is 8.39. The van der Waals surface area contributed by atoms with Crippen LogP contribution >= 0.6 is 0 Å². The maximum Gasteiger partial charge on any atom is 0.329 e. The number of ether oxygens (including phenoxy) is 1. The van der Waals surface area contributed by atoms with Crippen LogP contribution in [0.3, 0.4) is 0 Å². The number of carbonyl (C=O) groups is 1. The van der Waals surface area contributed by atoms with Gasteiger partial charge in [-0.25, -0.2) is 9.78 Å². The molecule has 2 aromatic carbocycles. The molecule has 1 aliphatic rings. The van der Waals surface area contributed by atoms with E-state index in [2.05, 4.69) is 34.1 Å². The fourth-order valence-electron chi connectivity index (χ4n) is 3.85. The number of anilines is 1. The number of hydrogen-bond acceptors (Lipinski definition) is 4. The first kappa shape index (κ1) is 19.1. The van der Waals surface area contributed by atoms with Crippen molar-refractivity contribution >= 4 is 11.7 Å². The van der Waals surface area contributed by atoms with E-state index in [1.165, 1.54) is 5.69 Å². The Hall–Kier alpha value is -3.28. The zero-order valence-electron chi connectivity index (χ0n) is 16.9. The molecule has 2 heterocycles. The monoisotopic (exact) mass is 390 g/mol. The van der Waals surface area contributed by atoms with Crippen LogP contribution in [0.15, 0.2) is 67.1 Å². The van der Waals surface area contributed by atoms with Gasteiger partial charge in [0.2, 0.25) is 0 Å². The Kier molecular flexibility index (Phi) is 5.51. The number of imidazole rings is 1. The lowest BCUT2D eigenvalue weighted by atomic mass is 10.0. The Bertz CT molecular complexity index is 962. The number of piperidine rings is 1. The quantitative estimate of drug-likeness (QED) is 0.672. The average Bonchev–Trinajstić information content (AvgIpc) is 3.29. The van der Waals surface area contributed by atoms with E-state index in [-0.39, 0.29) is 12.1 Å². The second-order valence-corrected chi connectivity index (χ2v) is 7.35. The number of methoxy groups -OCH3 is 1. The topological polar surface area (TPSA) is 50.6 Å². The van der Waals surface area contributed by atoms with Gasteiger partial charge in [-0.1, -0.05) is 30.3 Å². The first-order valence-corrected chi connectivity index (χ1v) is 9.91. The third kappa shape index (κ3) is 4.11. The lowest BCUT2D eigenvalue weighted by Crippen LogP contribution is -2.46. The first-order chi connectivity index (χ1) is 14.2. The van der Waals surface area contributed by atoms with Crippen molar-refractivity contribution in [3.05, 3.63) is 67.1 Å². The van der Waals surface area contributed by atoms with Crippen molar-refractivity contribution in [2.75, 3.05) is 32.1 Å². The Labute approximate surface area is 171 Å². The summed E-state index contributed by atoms with van der Waals surface area (Å²) in [5.74, 6) is 0.769. The maximum atomic E-state index is 13.0. The Morgan fingerprint density at radius 2 is 1.86 bits per heavy atom. The molecular formula is C23H26N4O2. The van der Waals surface area contributed by atoms with Crippen molar-refractivity contribution in [3.8, 4) is 17.0 Å². The average molecular weight is 390 g/mol. The van der Waals surface area contributed by atoms with Crippen LogP contribution in [0.1, 0.15) is 12.8 Å². The predicted octanol–water partition coefficient (Wildman–Crippen LogP) is 4.13. The van der Waals surface area contributed by atoms with E-state index in [1.807, 2.05) is 42.3 Å². The van der Waals surface area contributed by atoms with E-state index in [1.54, 1.807) is 24.2 Å². The van der Waals surface area contributed by atoms with Gasteiger partial charge < -0.3 is 14.5 Å². The van der Waals surface area contributed by atoms with Crippen molar-refractivity contribution in [1.82, 2.24) is 14.5 Å². The molecule has 4 rings (SSSR count). The summed E-state index contributed by atoms with van der Waals surface area (Å²) in [6.07, 6.45) is 5.28. The van der Waals surface area contributed by atoms with Gasteiger partial charge in [0.25, 0.3) is 0 Å². The summed E-state index contributed by atoms with van der Waals surface area (Å²) in [7, 11) is 3.52. The standard InChI is InChI=1S/C23H26N4O2/c1-25(19-11-13-26(14-12-19)20-8-4-3-5-9-20)23(28)27-16-22(24-17-27)18-7-6-10-21(15-18)29-2/h3-10,15-17,19H,11-14H2,1-2H3. The van der Waals surface area contributed by atoms with E-state index >= 15 is 0 Å². The second-order valence-electron chi connectivity index (χ2n) is 7.35. The van der Waals surface area contributed by atoms with Gasteiger partial charge in [-0.05, 0) is 37.1 Å². The van der Waals surface area contributed by atoms with Crippen molar-refractivity contribution in [2.24, 2.45) is 0 Å². The molecule has 6 heteroatoms. The largest absolute Gasteiger partial charge is 0.497 e. The number of hydrogen-bond donors (Lipinski definition) is 0. The van der Waals surface area contributed by atoms with Gasteiger partial charge in [0.15, 0.2) is 0 Å². The molecule has 0 N–H and O–H groups in total. The molecule has 0 atom stereocenters. The molecule has 3 aromatic rings. The summed E-state index contributed by atoms with van der Waals surface area (Å²) in [5.41, 5.74) is 2.93. The Morgan fingerprint density at radius 3 is 2.59 bits per heavy atom. The smallest absolute Gasteiger partial charge is 0.329 e. The molecular weight excluding hydrogens is 364 g/mol. The van der Waals surface area contributed by atoms with Gasteiger partial charge >= 0.3 is 6.03 Å². The van der Waals surface area contributed by atoms with Crippen LogP contribution < -0.4 is 9.64 Å². The molecule has 0 spiro atoms. The zero-order chi connectivity index (χ0) is 20.2. The zero-order valence-corrected chi connectivity index (χ0v) is 16.9. The highest BCUT2D eigenvalue weighted by Gasteiger charge is 2.26. The Balaban J connectivity index is 1.40. The maximum absolute atomic E-state index is 13.0. The lowest BCUT2D eigenvalue weighted by Gasteiger charge is -2.37. The SMILES string of the molecule is COc1cccc(-c2cn(C(=O)N(C)C3CCN(c4ccccc4)CC3)cn2)c1. The molecule has 1 aliphatic heterocycles. The van der Waals surface area contributed by atoms with Crippen LogP contribution in [-0.2, 0) is 0 Å². The van der Waals surface area contributed by atoms with Gasteiger partial charge in [0, 0.05) is 43.6 Å². The van der Waals surface area contributed by atoms with Gasteiger partial charge in [0.1, 0.15) is 12.1 Å². The third-order valence-corrected chi connectivity index (χ3v) is 5.60. The fourth-order valence-corrected chi connectivity index (χ4v) is 3.85. The van der Waals surface area contributed by atoms with Crippen LogP contribution in [-0.4, -0.2) is 53.8 Å². The summed E-state index contributed by atoms with van der Waals surface area (Å²) >= 11 is 0. The molecule has 1 saturated heterocycles. The minimum Gasteiger partial charge on any atom is -0.497 e. The predicted molar refractivity (Wildman–Crippen MR) is 114 cm³/mol.